The summed E-state index contributed by atoms with van der Waals surface area (Å²) in [5.74, 6) is 0.0381. The third kappa shape index (κ3) is 9.54. The smallest absolute Gasteiger partial charge is 0.460 e. The standard InChI is InChI=1S/C24H40BrO6P/c1-11-12-24(9,10)22-18(14-21(26)28-23(6,7)8)13-19(25)15-20(22)31-32(27,29-16(2)3)30-17(4)5/h13,15-17H,11-12,14H2,1-10H3. The highest BCUT2D eigenvalue weighted by Crippen LogP contribution is 2.54. The van der Waals surface area contributed by atoms with Gasteiger partial charge in [-0.05, 0) is 78.0 Å². The minimum Gasteiger partial charge on any atom is -0.460 e. The molecule has 1 rings (SSSR count). The predicted molar refractivity (Wildman–Crippen MR) is 132 cm³/mol. The van der Waals surface area contributed by atoms with Crippen LogP contribution in [0.25, 0.3) is 0 Å². The second kappa shape index (κ2) is 11.5. The molecule has 1 aromatic rings. The van der Waals surface area contributed by atoms with Crippen molar-refractivity contribution in [2.24, 2.45) is 0 Å². The lowest BCUT2D eigenvalue weighted by molar-refractivity contribution is -0.153. The van der Waals surface area contributed by atoms with E-state index < -0.39 is 13.4 Å². The van der Waals surface area contributed by atoms with E-state index in [0.29, 0.717) is 10.2 Å². The number of carbonyl (C=O) groups excluding carboxylic acids is 1. The Bertz CT molecular complexity index is 813. The molecule has 32 heavy (non-hydrogen) atoms. The van der Waals surface area contributed by atoms with E-state index >= 15 is 0 Å². The van der Waals surface area contributed by atoms with Crippen molar-refractivity contribution < 1.29 is 27.7 Å². The number of ether oxygens (including phenoxy) is 1. The zero-order valence-electron chi connectivity index (χ0n) is 21.2. The van der Waals surface area contributed by atoms with Gasteiger partial charge in [-0.25, -0.2) is 4.57 Å². The van der Waals surface area contributed by atoms with Gasteiger partial charge in [0, 0.05) is 10.0 Å². The van der Waals surface area contributed by atoms with Crippen LogP contribution < -0.4 is 4.52 Å². The molecule has 184 valence electrons. The van der Waals surface area contributed by atoms with Crippen molar-refractivity contribution in [1.82, 2.24) is 0 Å². The van der Waals surface area contributed by atoms with Crippen molar-refractivity contribution in [1.29, 1.82) is 0 Å². The summed E-state index contributed by atoms with van der Waals surface area (Å²) in [5.41, 5.74) is 0.604. The van der Waals surface area contributed by atoms with Gasteiger partial charge in [-0.1, -0.05) is 43.1 Å². The summed E-state index contributed by atoms with van der Waals surface area (Å²) < 4.78 is 37.0. The van der Waals surface area contributed by atoms with Gasteiger partial charge in [0.15, 0.2) is 0 Å². The van der Waals surface area contributed by atoms with E-state index in [-0.39, 0.29) is 30.0 Å². The Labute approximate surface area is 202 Å². The fraction of sp³-hybridized carbons (Fsp3) is 0.708. The highest BCUT2D eigenvalue weighted by molar-refractivity contribution is 9.10. The van der Waals surface area contributed by atoms with Gasteiger partial charge < -0.3 is 9.26 Å². The summed E-state index contributed by atoms with van der Waals surface area (Å²) in [4.78, 5) is 12.7. The topological polar surface area (TPSA) is 71.1 Å². The first-order chi connectivity index (χ1) is 14.5. The maximum Gasteiger partial charge on any atom is 0.530 e. The van der Waals surface area contributed by atoms with E-state index in [1.165, 1.54) is 0 Å². The minimum atomic E-state index is -3.91. The molecule has 0 N–H and O–H groups in total. The SMILES string of the molecule is CCCC(C)(C)c1c(CC(=O)OC(C)(C)C)cc(Br)cc1OP(=O)(OC(C)C)OC(C)C. The third-order valence-corrected chi connectivity index (χ3v) is 6.58. The van der Waals surface area contributed by atoms with Gasteiger partial charge in [0.1, 0.15) is 11.4 Å². The molecule has 0 aliphatic heterocycles. The van der Waals surface area contributed by atoms with Crippen LogP contribution in [0.15, 0.2) is 16.6 Å². The van der Waals surface area contributed by atoms with Crippen molar-refractivity contribution in [3.05, 3.63) is 27.7 Å². The van der Waals surface area contributed by atoms with Gasteiger partial charge >= 0.3 is 13.8 Å². The van der Waals surface area contributed by atoms with Gasteiger partial charge in [-0.15, -0.1) is 0 Å². The van der Waals surface area contributed by atoms with E-state index in [4.69, 9.17) is 18.3 Å². The second-order valence-corrected chi connectivity index (χ2v) is 12.6. The molecule has 6 nitrogen and oxygen atoms in total. The molecular formula is C24H40BrO6P. The molecule has 0 fully saturated rings. The van der Waals surface area contributed by atoms with E-state index in [9.17, 15) is 9.36 Å². The first kappa shape index (κ1) is 29.2. The lowest BCUT2D eigenvalue weighted by Gasteiger charge is -2.32. The fourth-order valence-electron chi connectivity index (χ4n) is 3.60. The number of carbonyl (C=O) groups is 1. The fourth-order valence-corrected chi connectivity index (χ4v) is 5.64. The third-order valence-electron chi connectivity index (χ3n) is 4.35. The Morgan fingerprint density at radius 2 is 1.56 bits per heavy atom. The van der Waals surface area contributed by atoms with Crippen LogP contribution in [0.1, 0.15) is 93.2 Å². The van der Waals surface area contributed by atoms with Crippen molar-refractivity contribution in [3.63, 3.8) is 0 Å². The summed E-state index contributed by atoms with van der Waals surface area (Å²) in [5, 5.41) is 0. The number of hydrogen-bond donors (Lipinski definition) is 0. The van der Waals surface area contributed by atoms with Gasteiger partial charge in [0.05, 0.1) is 18.6 Å². The van der Waals surface area contributed by atoms with Crippen LogP contribution in [0, 0.1) is 0 Å². The van der Waals surface area contributed by atoms with Crippen molar-refractivity contribution in [2.45, 2.75) is 112 Å². The highest BCUT2D eigenvalue weighted by Gasteiger charge is 2.36. The van der Waals surface area contributed by atoms with Crippen LogP contribution in [0.3, 0.4) is 0 Å². The molecule has 0 atom stereocenters. The number of phosphoric ester groups is 1. The Morgan fingerprint density at radius 1 is 1.03 bits per heavy atom. The monoisotopic (exact) mass is 534 g/mol. The lowest BCUT2D eigenvalue weighted by atomic mass is 9.77. The van der Waals surface area contributed by atoms with Gasteiger partial charge in [0.2, 0.25) is 0 Å². The van der Waals surface area contributed by atoms with Gasteiger partial charge in [0.25, 0.3) is 0 Å². The molecule has 0 heterocycles. The molecule has 0 saturated carbocycles. The van der Waals surface area contributed by atoms with Crippen LogP contribution in [-0.4, -0.2) is 23.8 Å². The average Bonchev–Trinajstić information content (AvgIpc) is 2.49. The molecule has 0 aromatic heterocycles. The van der Waals surface area contributed by atoms with Crippen LogP contribution >= 0.6 is 23.8 Å². The number of halogens is 1. The summed E-state index contributed by atoms with van der Waals surface area (Å²) >= 11 is 3.51. The lowest BCUT2D eigenvalue weighted by Crippen LogP contribution is -2.27. The number of phosphoric acid groups is 1. The normalized spacial score (nSPS) is 13.0. The summed E-state index contributed by atoms with van der Waals surface area (Å²) in [6, 6.07) is 3.65. The molecule has 0 unspecified atom stereocenters. The van der Waals surface area contributed by atoms with Gasteiger partial charge in [-0.2, -0.15) is 0 Å². The first-order valence-electron chi connectivity index (χ1n) is 11.2. The molecule has 0 bridgehead atoms. The van der Waals surface area contributed by atoms with E-state index in [1.54, 1.807) is 33.8 Å². The van der Waals surface area contributed by atoms with Crippen molar-refractivity contribution in [2.75, 3.05) is 0 Å². The first-order valence-corrected chi connectivity index (χ1v) is 13.4. The van der Waals surface area contributed by atoms with Crippen LogP contribution in [0.5, 0.6) is 5.75 Å². The summed E-state index contributed by atoms with van der Waals surface area (Å²) in [6.07, 6.45) is 1.11. The zero-order valence-corrected chi connectivity index (χ0v) is 23.7. The molecule has 0 spiro atoms. The number of rotatable bonds is 11. The van der Waals surface area contributed by atoms with Crippen LogP contribution in [0.2, 0.25) is 0 Å². The number of benzene rings is 1. The molecule has 0 aliphatic carbocycles. The van der Waals surface area contributed by atoms with Crippen LogP contribution in [-0.2, 0) is 35.0 Å². The predicted octanol–water partition coefficient (Wildman–Crippen LogP) is 7.75. The Kier molecular flexibility index (Phi) is 10.5. The maximum atomic E-state index is 13.5. The molecule has 0 radical (unpaired) electrons. The molecule has 8 heteroatoms. The maximum absolute atomic E-state index is 13.5. The molecule has 0 aliphatic rings. The van der Waals surface area contributed by atoms with Crippen molar-refractivity contribution >= 4 is 29.7 Å². The quantitative estimate of drug-likeness (QED) is 0.213. The van der Waals surface area contributed by atoms with Crippen molar-refractivity contribution in [3.8, 4) is 5.75 Å². The zero-order chi connectivity index (χ0) is 24.9. The van der Waals surface area contributed by atoms with Gasteiger partial charge in [-0.3, -0.25) is 13.8 Å². The molecule has 1 aromatic carbocycles. The summed E-state index contributed by atoms with van der Waals surface area (Å²) in [7, 11) is -3.91. The Balaban J connectivity index is 3.60. The van der Waals surface area contributed by atoms with E-state index in [2.05, 4.69) is 36.7 Å². The summed E-state index contributed by atoms with van der Waals surface area (Å²) in [6.45, 7) is 18.9. The largest absolute Gasteiger partial charge is 0.530 e. The average molecular weight is 535 g/mol. The highest BCUT2D eigenvalue weighted by atomic mass is 79.9. The Hall–Kier alpha value is -0.880. The number of hydrogen-bond acceptors (Lipinski definition) is 6. The Morgan fingerprint density at radius 3 is 2.00 bits per heavy atom. The van der Waals surface area contributed by atoms with E-state index in [0.717, 1.165) is 24.0 Å². The van der Waals surface area contributed by atoms with E-state index in [1.807, 2.05) is 26.8 Å². The molecule has 0 saturated heterocycles. The molecular weight excluding hydrogens is 495 g/mol. The molecule has 0 amide bonds. The number of esters is 1. The second-order valence-electron chi connectivity index (χ2n) is 10.2. The van der Waals surface area contributed by atoms with Crippen LogP contribution in [0.4, 0.5) is 0 Å². The minimum absolute atomic E-state index is 0.0654.